The first-order chi connectivity index (χ1) is 12.0. The molecule has 2 aromatic rings. The summed E-state index contributed by atoms with van der Waals surface area (Å²) in [6, 6.07) is 7.33. The van der Waals surface area contributed by atoms with Crippen molar-refractivity contribution in [2.24, 2.45) is 5.92 Å². The van der Waals surface area contributed by atoms with Crippen LogP contribution in [-0.2, 0) is 0 Å². The van der Waals surface area contributed by atoms with Gasteiger partial charge in [-0.15, -0.1) is 0 Å². The highest BCUT2D eigenvalue weighted by molar-refractivity contribution is 5.95. The number of nitrogen functional groups attached to an aromatic ring is 1. The van der Waals surface area contributed by atoms with E-state index in [0.29, 0.717) is 22.9 Å². The highest BCUT2D eigenvalue weighted by Crippen LogP contribution is 2.29. The summed E-state index contributed by atoms with van der Waals surface area (Å²) in [4.78, 5) is 22.8. The van der Waals surface area contributed by atoms with Crippen molar-refractivity contribution in [3.63, 3.8) is 0 Å². The van der Waals surface area contributed by atoms with Crippen LogP contribution in [0.25, 0.3) is 0 Å². The van der Waals surface area contributed by atoms with Gasteiger partial charge in [0.25, 0.3) is 5.91 Å². The molecule has 25 heavy (non-hydrogen) atoms. The number of hydrogen-bond donors (Lipinski definition) is 3. The third-order valence-electron chi connectivity index (χ3n) is 4.55. The molecule has 3 rings (SSSR count). The monoisotopic (exact) mass is 340 g/mol. The predicted octanol–water partition coefficient (Wildman–Crippen LogP) is 2.36. The molecule has 0 saturated carbocycles. The summed E-state index contributed by atoms with van der Waals surface area (Å²) < 4.78 is 0. The average Bonchev–Trinajstić information content (AvgIpc) is 2.62. The van der Waals surface area contributed by atoms with Gasteiger partial charge in [-0.1, -0.05) is 24.6 Å². The second-order valence-electron chi connectivity index (χ2n) is 6.57. The molecule has 1 aromatic heterocycles. The van der Waals surface area contributed by atoms with E-state index >= 15 is 0 Å². The Kier molecular flexibility index (Phi) is 5.02. The van der Waals surface area contributed by atoms with E-state index in [4.69, 9.17) is 5.73 Å². The van der Waals surface area contributed by atoms with Gasteiger partial charge < -0.3 is 10.6 Å². The number of hydrogen-bond acceptors (Lipinski definition) is 6. The lowest BCUT2D eigenvalue weighted by atomic mass is 9.99. The smallest absolute Gasteiger partial charge is 0.269 e. The van der Waals surface area contributed by atoms with Crippen molar-refractivity contribution < 1.29 is 4.79 Å². The van der Waals surface area contributed by atoms with Crippen LogP contribution in [0.4, 0.5) is 17.3 Å². The standard InChI is InChI=1S/C18H24N6O/c1-12-3-5-14(6-4-12)18(25)23-22-16-15(19)17(21-11-20-16)24-9-7-13(2)8-10-24/h3-6,11,13H,7-10,19H2,1-2H3,(H,23,25)(H,20,21,22). The van der Waals surface area contributed by atoms with Crippen LogP contribution in [0.5, 0.6) is 0 Å². The van der Waals surface area contributed by atoms with Crippen LogP contribution in [0.2, 0.25) is 0 Å². The Balaban J connectivity index is 1.67. The van der Waals surface area contributed by atoms with Crippen LogP contribution in [0, 0.1) is 12.8 Å². The molecule has 0 aliphatic carbocycles. The van der Waals surface area contributed by atoms with Gasteiger partial charge in [-0.2, -0.15) is 0 Å². The summed E-state index contributed by atoms with van der Waals surface area (Å²) >= 11 is 0. The number of carbonyl (C=O) groups excluding carboxylic acids is 1. The molecule has 0 radical (unpaired) electrons. The van der Waals surface area contributed by atoms with Gasteiger partial charge in [0.05, 0.1) is 0 Å². The largest absolute Gasteiger partial charge is 0.393 e. The lowest BCUT2D eigenvalue weighted by Crippen LogP contribution is -2.35. The average molecular weight is 340 g/mol. The number of carbonyl (C=O) groups is 1. The van der Waals surface area contributed by atoms with Gasteiger partial charge in [0.15, 0.2) is 11.6 Å². The Morgan fingerprint density at radius 3 is 2.56 bits per heavy atom. The van der Waals surface area contributed by atoms with E-state index < -0.39 is 0 Å². The van der Waals surface area contributed by atoms with Gasteiger partial charge >= 0.3 is 0 Å². The van der Waals surface area contributed by atoms with Crippen molar-refractivity contribution in [1.82, 2.24) is 15.4 Å². The first kappa shape index (κ1) is 17.0. The van der Waals surface area contributed by atoms with Crippen molar-refractivity contribution in [3.8, 4) is 0 Å². The number of nitrogens with zero attached hydrogens (tertiary/aromatic N) is 3. The number of benzene rings is 1. The number of amides is 1. The number of hydrazine groups is 1. The molecule has 0 unspecified atom stereocenters. The number of anilines is 3. The Morgan fingerprint density at radius 1 is 1.20 bits per heavy atom. The fourth-order valence-electron chi connectivity index (χ4n) is 2.85. The van der Waals surface area contributed by atoms with E-state index in [9.17, 15) is 4.79 Å². The quantitative estimate of drug-likeness (QED) is 0.740. The number of rotatable bonds is 4. The van der Waals surface area contributed by atoms with Gasteiger partial charge in [0, 0.05) is 18.7 Å². The second kappa shape index (κ2) is 7.38. The van der Waals surface area contributed by atoms with Crippen LogP contribution in [-0.4, -0.2) is 29.0 Å². The molecule has 1 aliphatic rings. The maximum Gasteiger partial charge on any atom is 0.269 e. The van der Waals surface area contributed by atoms with E-state index in [0.717, 1.165) is 37.4 Å². The summed E-state index contributed by atoms with van der Waals surface area (Å²) in [5, 5.41) is 0. The fraction of sp³-hybridized carbons (Fsp3) is 0.389. The SMILES string of the molecule is Cc1ccc(C(=O)NNc2ncnc(N3CCC(C)CC3)c2N)cc1. The first-order valence-corrected chi connectivity index (χ1v) is 8.53. The summed E-state index contributed by atoms with van der Waals surface area (Å²) in [5.41, 5.74) is 13.8. The van der Waals surface area contributed by atoms with Crippen LogP contribution < -0.4 is 21.5 Å². The number of aromatic nitrogens is 2. The Bertz CT molecular complexity index is 738. The predicted molar refractivity (Wildman–Crippen MR) is 99.3 cm³/mol. The molecule has 1 aliphatic heterocycles. The lowest BCUT2D eigenvalue weighted by Gasteiger charge is -2.32. The molecule has 0 bridgehead atoms. The van der Waals surface area contributed by atoms with Crippen LogP contribution in [0.15, 0.2) is 30.6 Å². The zero-order valence-corrected chi connectivity index (χ0v) is 14.6. The van der Waals surface area contributed by atoms with Crippen molar-refractivity contribution >= 4 is 23.2 Å². The van der Waals surface area contributed by atoms with Crippen molar-refractivity contribution in [1.29, 1.82) is 0 Å². The summed E-state index contributed by atoms with van der Waals surface area (Å²) in [7, 11) is 0. The van der Waals surface area contributed by atoms with E-state index in [2.05, 4.69) is 32.6 Å². The Hall–Kier alpha value is -2.83. The molecule has 132 valence electrons. The summed E-state index contributed by atoms with van der Waals surface area (Å²) in [6.45, 7) is 6.09. The van der Waals surface area contributed by atoms with Gasteiger partial charge in [-0.25, -0.2) is 9.97 Å². The Labute approximate surface area is 147 Å². The molecule has 2 heterocycles. The molecular weight excluding hydrogens is 316 g/mol. The highest BCUT2D eigenvalue weighted by atomic mass is 16.2. The van der Waals surface area contributed by atoms with E-state index in [1.165, 1.54) is 6.33 Å². The molecular formula is C18H24N6O. The number of nitrogens with two attached hydrogens (primary N) is 1. The molecule has 1 saturated heterocycles. The third-order valence-corrected chi connectivity index (χ3v) is 4.55. The van der Waals surface area contributed by atoms with Gasteiger partial charge in [0.1, 0.15) is 12.0 Å². The van der Waals surface area contributed by atoms with Gasteiger partial charge in [-0.3, -0.25) is 15.6 Å². The molecule has 1 amide bonds. The normalized spacial score (nSPS) is 15.0. The minimum Gasteiger partial charge on any atom is -0.393 e. The summed E-state index contributed by atoms with van der Waals surface area (Å²) in [6.07, 6.45) is 3.71. The van der Waals surface area contributed by atoms with Gasteiger partial charge in [-0.05, 0) is 37.8 Å². The second-order valence-corrected chi connectivity index (χ2v) is 6.57. The van der Waals surface area contributed by atoms with Crippen LogP contribution in [0.1, 0.15) is 35.7 Å². The molecule has 7 heteroatoms. The third kappa shape index (κ3) is 3.99. The molecule has 1 aromatic carbocycles. The zero-order valence-electron chi connectivity index (χ0n) is 14.6. The number of nitrogens with one attached hydrogen (secondary N) is 2. The minimum absolute atomic E-state index is 0.244. The highest BCUT2D eigenvalue weighted by Gasteiger charge is 2.20. The Morgan fingerprint density at radius 2 is 1.88 bits per heavy atom. The van der Waals surface area contributed by atoms with E-state index in [-0.39, 0.29) is 5.91 Å². The maximum atomic E-state index is 12.2. The molecule has 0 atom stereocenters. The van der Waals surface area contributed by atoms with E-state index in [1.54, 1.807) is 12.1 Å². The number of aryl methyl sites for hydroxylation is 1. The lowest BCUT2D eigenvalue weighted by molar-refractivity contribution is 0.0962. The number of piperidine rings is 1. The van der Waals surface area contributed by atoms with Crippen molar-refractivity contribution in [3.05, 3.63) is 41.7 Å². The van der Waals surface area contributed by atoms with E-state index in [1.807, 2.05) is 19.1 Å². The molecule has 1 fully saturated rings. The molecule has 0 spiro atoms. The fourth-order valence-corrected chi connectivity index (χ4v) is 2.85. The van der Waals surface area contributed by atoms with Crippen LogP contribution >= 0.6 is 0 Å². The topological polar surface area (TPSA) is 96.2 Å². The summed E-state index contributed by atoms with van der Waals surface area (Å²) in [5.74, 6) is 1.61. The maximum absolute atomic E-state index is 12.2. The molecule has 4 N–H and O–H groups in total. The first-order valence-electron chi connectivity index (χ1n) is 8.53. The minimum atomic E-state index is -0.244. The van der Waals surface area contributed by atoms with Crippen molar-refractivity contribution in [2.45, 2.75) is 26.7 Å². The zero-order chi connectivity index (χ0) is 17.8. The van der Waals surface area contributed by atoms with Crippen LogP contribution in [0.3, 0.4) is 0 Å². The molecule has 7 nitrogen and oxygen atoms in total. The van der Waals surface area contributed by atoms with Gasteiger partial charge in [0.2, 0.25) is 0 Å². The van der Waals surface area contributed by atoms with Crippen molar-refractivity contribution in [2.75, 3.05) is 29.1 Å².